The molecular weight excluding hydrogens is 292 g/mol. The van der Waals surface area contributed by atoms with Gasteiger partial charge in [0.15, 0.2) is 0 Å². The van der Waals surface area contributed by atoms with E-state index in [9.17, 15) is 14.7 Å². The summed E-state index contributed by atoms with van der Waals surface area (Å²) in [6, 6.07) is 0.219. The number of hydrogen-bond acceptors (Lipinski definition) is 6. The number of aromatic nitrogens is 1. The molecule has 0 bridgehead atoms. The predicted molar refractivity (Wildman–Crippen MR) is 80.9 cm³/mol. The van der Waals surface area contributed by atoms with Crippen molar-refractivity contribution in [2.45, 2.75) is 25.8 Å². The maximum atomic E-state index is 12.3. The average Bonchev–Trinajstić information content (AvgIpc) is 2.82. The molecule has 0 atom stereocenters. The standard InChI is InChI=1S/C13H20N4O3S/c1-8-11(13(19)20)12(21-15-8)16(2)10(18)7-17-5-3-9(14)4-6-17/h9H,3-7,14H2,1-2H3,(H,19,20). The van der Waals surface area contributed by atoms with E-state index in [2.05, 4.69) is 9.27 Å². The van der Waals surface area contributed by atoms with Crippen LogP contribution in [0.25, 0.3) is 0 Å². The van der Waals surface area contributed by atoms with Crippen LogP contribution in [0.1, 0.15) is 28.9 Å². The zero-order valence-electron chi connectivity index (χ0n) is 12.2. The highest BCUT2D eigenvalue weighted by atomic mass is 32.1. The first-order valence-corrected chi connectivity index (χ1v) is 7.61. The number of nitrogens with zero attached hydrogens (tertiary/aromatic N) is 3. The zero-order valence-corrected chi connectivity index (χ0v) is 13.0. The molecule has 1 aliphatic heterocycles. The van der Waals surface area contributed by atoms with E-state index in [-0.39, 0.29) is 24.1 Å². The maximum Gasteiger partial charge on any atom is 0.340 e. The highest BCUT2D eigenvalue weighted by molar-refractivity contribution is 7.11. The number of nitrogens with two attached hydrogens (primary N) is 1. The Bertz CT molecular complexity index is 538. The van der Waals surface area contributed by atoms with Gasteiger partial charge in [-0.2, -0.15) is 4.37 Å². The number of likely N-dealkylation sites (tertiary alicyclic amines) is 1. The van der Waals surface area contributed by atoms with Crippen LogP contribution in [-0.2, 0) is 4.79 Å². The fraction of sp³-hybridized carbons (Fsp3) is 0.615. The van der Waals surface area contributed by atoms with Crippen molar-refractivity contribution >= 4 is 28.4 Å². The van der Waals surface area contributed by atoms with Gasteiger partial charge in [0, 0.05) is 26.2 Å². The quantitative estimate of drug-likeness (QED) is 0.841. The number of aryl methyl sites for hydroxylation is 1. The lowest BCUT2D eigenvalue weighted by Gasteiger charge is -2.30. The van der Waals surface area contributed by atoms with Crippen LogP contribution in [0.2, 0.25) is 0 Å². The molecule has 116 valence electrons. The summed E-state index contributed by atoms with van der Waals surface area (Å²) in [5.41, 5.74) is 6.38. The Balaban J connectivity index is 2.04. The molecule has 1 aromatic heterocycles. The minimum absolute atomic E-state index is 0.108. The first kappa shape index (κ1) is 15.9. The molecule has 1 aromatic rings. The van der Waals surface area contributed by atoms with Crippen LogP contribution in [0.5, 0.6) is 0 Å². The third kappa shape index (κ3) is 3.58. The fourth-order valence-corrected chi connectivity index (χ4v) is 3.22. The van der Waals surface area contributed by atoms with Crippen LogP contribution in [0.3, 0.4) is 0 Å². The van der Waals surface area contributed by atoms with Gasteiger partial charge in [-0.15, -0.1) is 0 Å². The number of likely N-dealkylation sites (N-methyl/N-ethyl adjacent to an activating group) is 1. The normalized spacial score (nSPS) is 16.9. The van der Waals surface area contributed by atoms with Crippen molar-refractivity contribution in [3.63, 3.8) is 0 Å². The first-order chi connectivity index (χ1) is 9.90. The van der Waals surface area contributed by atoms with Crippen LogP contribution < -0.4 is 10.6 Å². The Labute approximate surface area is 127 Å². The second-order valence-electron chi connectivity index (χ2n) is 5.32. The highest BCUT2D eigenvalue weighted by Gasteiger charge is 2.26. The van der Waals surface area contributed by atoms with E-state index in [1.165, 1.54) is 4.90 Å². The summed E-state index contributed by atoms with van der Waals surface area (Å²) < 4.78 is 4.03. The van der Waals surface area contributed by atoms with Gasteiger partial charge < -0.3 is 15.7 Å². The number of hydrogen-bond donors (Lipinski definition) is 2. The Morgan fingerprint density at radius 3 is 2.67 bits per heavy atom. The van der Waals surface area contributed by atoms with E-state index in [1.807, 2.05) is 0 Å². The number of amides is 1. The van der Waals surface area contributed by atoms with Gasteiger partial charge in [-0.1, -0.05) is 0 Å². The van der Waals surface area contributed by atoms with Gasteiger partial charge in [0.1, 0.15) is 10.6 Å². The third-order valence-corrected chi connectivity index (χ3v) is 4.74. The molecule has 1 amide bonds. The molecule has 0 aromatic carbocycles. The molecule has 0 aliphatic carbocycles. The van der Waals surface area contributed by atoms with Gasteiger partial charge in [0.05, 0.1) is 12.2 Å². The minimum Gasteiger partial charge on any atom is -0.478 e. The summed E-state index contributed by atoms with van der Waals surface area (Å²) in [5, 5.41) is 9.61. The van der Waals surface area contributed by atoms with E-state index in [0.717, 1.165) is 37.5 Å². The van der Waals surface area contributed by atoms with Crippen molar-refractivity contribution < 1.29 is 14.7 Å². The van der Waals surface area contributed by atoms with E-state index in [4.69, 9.17) is 5.73 Å². The van der Waals surface area contributed by atoms with Crippen LogP contribution in [0.4, 0.5) is 5.00 Å². The SMILES string of the molecule is Cc1nsc(N(C)C(=O)CN2CCC(N)CC2)c1C(=O)O. The lowest BCUT2D eigenvalue weighted by atomic mass is 10.1. The van der Waals surface area contributed by atoms with E-state index >= 15 is 0 Å². The Hall–Kier alpha value is -1.51. The van der Waals surface area contributed by atoms with Crippen molar-refractivity contribution in [3.8, 4) is 0 Å². The zero-order chi connectivity index (χ0) is 15.6. The number of carbonyl (C=O) groups excluding carboxylic acids is 1. The van der Waals surface area contributed by atoms with E-state index in [0.29, 0.717) is 10.7 Å². The largest absolute Gasteiger partial charge is 0.478 e. The van der Waals surface area contributed by atoms with Gasteiger partial charge in [-0.3, -0.25) is 9.69 Å². The van der Waals surface area contributed by atoms with Crippen molar-refractivity contribution in [1.29, 1.82) is 0 Å². The number of carboxylic acids is 1. The number of aromatic carboxylic acids is 1. The summed E-state index contributed by atoms with van der Waals surface area (Å²) in [5.74, 6) is -1.18. The Morgan fingerprint density at radius 2 is 2.10 bits per heavy atom. The smallest absolute Gasteiger partial charge is 0.340 e. The topological polar surface area (TPSA) is 99.8 Å². The number of piperidine rings is 1. The molecule has 1 saturated heterocycles. The summed E-state index contributed by atoms with van der Waals surface area (Å²) in [6.07, 6.45) is 1.77. The molecular formula is C13H20N4O3S. The Kier molecular flexibility index (Phi) is 4.92. The lowest BCUT2D eigenvalue weighted by molar-refractivity contribution is -0.119. The van der Waals surface area contributed by atoms with Crippen LogP contribution in [-0.4, -0.2) is 59.0 Å². The summed E-state index contributed by atoms with van der Waals surface area (Å²) in [7, 11) is 1.59. The molecule has 7 nitrogen and oxygen atoms in total. The van der Waals surface area contributed by atoms with Gasteiger partial charge in [0.2, 0.25) is 5.91 Å². The average molecular weight is 312 g/mol. The van der Waals surface area contributed by atoms with Gasteiger partial charge in [0.25, 0.3) is 0 Å². The molecule has 3 N–H and O–H groups in total. The van der Waals surface area contributed by atoms with Crippen LogP contribution >= 0.6 is 11.5 Å². The molecule has 21 heavy (non-hydrogen) atoms. The van der Waals surface area contributed by atoms with Crippen molar-refractivity contribution in [1.82, 2.24) is 9.27 Å². The molecule has 1 aliphatic rings. The maximum absolute atomic E-state index is 12.3. The molecule has 0 saturated carbocycles. The van der Waals surface area contributed by atoms with Crippen molar-refractivity contribution in [3.05, 3.63) is 11.3 Å². The number of carboxylic acid groups (broad SMARTS) is 1. The minimum atomic E-state index is -1.06. The predicted octanol–water partition coefficient (Wildman–Crippen LogP) is 0.536. The van der Waals surface area contributed by atoms with Gasteiger partial charge >= 0.3 is 5.97 Å². The molecule has 2 heterocycles. The van der Waals surface area contributed by atoms with Crippen molar-refractivity contribution in [2.24, 2.45) is 5.73 Å². The molecule has 8 heteroatoms. The first-order valence-electron chi connectivity index (χ1n) is 6.84. The van der Waals surface area contributed by atoms with E-state index < -0.39 is 5.97 Å². The third-order valence-electron chi connectivity index (χ3n) is 3.73. The summed E-state index contributed by atoms with van der Waals surface area (Å²) >= 11 is 1.04. The fourth-order valence-electron chi connectivity index (χ4n) is 2.35. The van der Waals surface area contributed by atoms with Gasteiger partial charge in [-0.05, 0) is 31.3 Å². The second-order valence-corrected chi connectivity index (χ2v) is 6.07. The number of rotatable bonds is 4. The van der Waals surface area contributed by atoms with Crippen LogP contribution in [0.15, 0.2) is 0 Å². The summed E-state index contributed by atoms with van der Waals surface area (Å²) in [6.45, 7) is 3.51. The molecule has 0 unspecified atom stereocenters. The molecule has 2 rings (SSSR count). The monoisotopic (exact) mass is 312 g/mol. The lowest BCUT2D eigenvalue weighted by Crippen LogP contribution is -2.45. The Morgan fingerprint density at radius 1 is 1.48 bits per heavy atom. The highest BCUT2D eigenvalue weighted by Crippen LogP contribution is 2.28. The van der Waals surface area contributed by atoms with Crippen molar-refractivity contribution in [2.75, 3.05) is 31.6 Å². The number of anilines is 1. The van der Waals surface area contributed by atoms with Crippen LogP contribution in [0, 0.1) is 6.92 Å². The molecule has 0 radical (unpaired) electrons. The van der Waals surface area contributed by atoms with Gasteiger partial charge in [-0.25, -0.2) is 4.79 Å². The van der Waals surface area contributed by atoms with E-state index in [1.54, 1.807) is 14.0 Å². The molecule has 0 spiro atoms. The number of carbonyl (C=O) groups is 2. The molecule has 1 fully saturated rings. The summed E-state index contributed by atoms with van der Waals surface area (Å²) in [4.78, 5) is 27.0. The second kappa shape index (κ2) is 6.50.